The second-order valence-electron chi connectivity index (χ2n) is 3.76. The SMILES string of the molecule is CC.CPN1CCn2c(C(F)(F)F)nc(C)c2C1. The number of nitrogens with zero attached hydrogens (tertiary/aromatic N) is 3. The minimum atomic E-state index is -4.35. The average molecular weight is 281 g/mol. The van der Waals surface area contributed by atoms with Crippen LogP contribution in [0.15, 0.2) is 0 Å². The van der Waals surface area contributed by atoms with E-state index in [1.807, 2.05) is 20.5 Å². The number of hydrogen-bond donors (Lipinski definition) is 0. The van der Waals surface area contributed by atoms with Crippen molar-refractivity contribution in [2.75, 3.05) is 13.2 Å². The van der Waals surface area contributed by atoms with Gasteiger partial charge >= 0.3 is 6.18 Å². The summed E-state index contributed by atoms with van der Waals surface area (Å²) in [7, 11) is 0.622. The fourth-order valence-electron chi connectivity index (χ4n) is 1.94. The number of hydrogen-bond acceptors (Lipinski definition) is 2. The van der Waals surface area contributed by atoms with Gasteiger partial charge in [0, 0.05) is 19.6 Å². The Labute approximate surface area is 107 Å². The van der Waals surface area contributed by atoms with Gasteiger partial charge < -0.3 is 4.57 Å². The molecule has 0 spiro atoms. The van der Waals surface area contributed by atoms with Gasteiger partial charge in [0.2, 0.25) is 5.82 Å². The Hall–Kier alpha value is -0.610. The fraction of sp³-hybridized carbons (Fsp3) is 0.727. The first-order chi connectivity index (χ1) is 8.43. The van der Waals surface area contributed by atoms with Gasteiger partial charge in [-0.15, -0.1) is 0 Å². The van der Waals surface area contributed by atoms with E-state index in [2.05, 4.69) is 9.65 Å². The van der Waals surface area contributed by atoms with Gasteiger partial charge in [0.05, 0.1) is 11.4 Å². The van der Waals surface area contributed by atoms with Crippen molar-refractivity contribution in [1.29, 1.82) is 0 Å². The molecule has 7 heteroatoms. The van der Waals surface area contributed by atoms with Gasteiger partial charge in [0.25, 0.3) is 0 Å². The number of halogens is 3. The first kappa shape index (κ1) is 15.4. The fourth-order valence-corrected chi connectivity index (χ4v) is 2.57. The summed E-state index contributed by atoms with van der Waals surface area (Å²) in [5.74, 6) is -0.751. The molecule has 1 aromatic heterocycles. The third-order valence-electron chi connectivity index (χ3n) is 2.78. The average Bonchev–Trinajstić information content (AvgIpc) is 2.69. The standard InChI is InChI=1S/C9H13F3N3P.C2H6/c1-6-7-5-14(16-2)3-4-15(7)8(13-6)9(10,11)12;1-2/h16H,3-5H2,1-2H3;1-2H3. The van der Waals surface area contributed by atoms with Crippen molar-refractivity contribution in [3.05, 3.63) is 17.2 Å². The highest BCUT2D eigenvalue weighted by atomic mass is 31.1. The van der Waals surface area contributed by atoms with Gasteiger partial charge in [-0.1, -0.05) is 22.6 Å². The zero-order chi connectivity index (χ0) is 13.9. The summed E-state index contributed by atoms with van der Waals surface area (Å²) in [6.07, 6.45) is -4.35. The molecule has 1 atom stereocenters. The van der Waals surface area contributed by atoms with Crippen LogP contribution in [-0.2, 0) is 19.3 Å². The maximum absolute atomic E-state index is 12.7. The first-order valence-corrected chi connectivity index (χ1v) is 7.43. The Morgan fingerprint density at radius 1 is 1.22 bits per heavy atom. The van der Waals surface area contributed by atoms with Gasteiger partial charge in [-0.3, -0.25) is 4.67 Å². The van der Waals surface area contributed by atoms with E-state index in [1.165, 1.54) is 4.57 Å². The molecule has 3 nitrogen and oxygen atoms in total. The molecule has 1 unspecified atom stereocenters. The molecule has 1 aromatic rings. The van der Waals surface area contributed by atoms with E-state index in [0.29, 0.717) is 39.8 Å². The van der Waals surface area contributed by atoms with E-state index in [9.17, 15) is 13.2 Å². The van der Waals surface area contributed by atoms with Crippen LogP contribution < -0.4 is 0 Å². The molecule has 0 bridgehead atoms. The number of fused-ring (bicyclic) bond motifs is 1. The maximum Gasteiger partial charge on any atom is 0.449 e. The van der Waals surface area contributed by atoms with Gasteiger partial charge in [-0.25, -0.2) is 4.98 Å². The van der Waals surface area contributed by atoms with Crippen molar-refractivity contribution < 1.29 is 13.2 Å². The summed E-state index contributed by atoms with van der Waals surface area (Å²) in [4.78, 5) is 3.65. The largest absolute Gasteiger partial charge is 0.449 e. The molecule has 0 saturated heterocycles. The lowest BCUT2D eigenvalue weighted by molar-refractivity contribution is -0.147. The van der Waals surface area contributed by atoms with Crippen LogP contribution in [0.25, 0.3) is 0 Å². The third kappa shape index (κ3) is 3.04. The predicted octanol–water partition coefficient (Wildman–Crippen LogP) is 3.28. The van der Waals surface area contributed by atoms with Crippen molar-refractivity contribution in [3.8, 4) is 0 Å². The highest BCUT2D eigenvalue weighted by Gasteiger charge is 2.39. The van der Waals surface area contributed by atoms with Crippen LogP contribution in [0.3, 0.4) is 0 Å². The quantitative estimate of drug-likeness (QED) is 0.737. The van der Waals surface area contributed by atoms with Crippen molar-refractivity contribution in [2.45, 2.75) is 40.0 Å². The second-order valence-corrected chi connectivity index (χ2v) is 4.84. The normalized spacial score (nSPS) is 16.6. The summed E-state index contributed by atoms with van der Waals surface area (Å²) in [6.45, 7) is 9.30. The Bertz CT molecular complexity index is 401. The van der Waals surface area contributed by atoms with E-state index in [-0.39, 0.29) is 0 Å². The van der Waals surface area contributed by atoms with E-state index < -0.39 is 12.0 Å². The summed E-state index contributed by atoms with van der Waals surface area (Å²) in [6, 6.07) is 0. The second kappa shape index (κ2) is 6.02. The number of alkyl halides is 3. The molecule has 0 radical (unpaired) electrons. The minimum absolute atomic E-state index is 0.381. The van der Waals surface area contributed by atoms with Crippen LogP contribution in [0, 0.1) is 6.92 Å². The molecular formula is C11H19F3N3P. The smallest absolute Gasteiger partial charge is 0.322 e. The van der Waals surface area contributed by atoms with Gasteiger partial charge in [-0.2, -0.15) is 13.2 Å². The van der Waals surface area contributed by atoms with Crippen LogP contribution in [0.4, 0.5) is 13.2 Å². The molecule has 0 aliphatic carbocycles. The van der Waals surface area contributed by atoms with Crippen LogP contribution in [0.1, 0.15) is 31.1 Å². The van der Waals surface area contributed by atoms with Crippen LogP contribution in [-0.4, -0.2) is 27.4 Å². The Kier molecular flexibility index (Phi) is 5.17. The van der Waals surface area contributed by atoms with Crippen LogP contribution in [0.2, 0.25) is 0 Å². The molecule has 0 amide bonds. The van der Waals surface area contributed by atoms with Crippen molar-refractivity contribution in [3.63, 3.8) is 0 Å². The molecule has 0 N–H and O–H groups in total. The molecule has 18 heavy (non-hydrogen) atoms. The van der Waals surface area contributed by atoms with E-state index in [4.69, 9.17) is 0 Å². The summed E-state index contributed by atoms with van der Waals surface area (Å²) < 4.78 is 41.5. The highest BCUT2D eigenvalue weighted by molar-refractivity contribution is 7.34. The van der Waals surface area contributed by atoms with E-state index >= 15 is 0 Å². The summed E-state index contributed by atoms with van der Waals surface area (Å²) >= 11 is 0. The van der Waals surface area contributed by atoms with Crippen molar-refractivity contribution >= 4 is 8.73 Å². The molecule has 0 saturated carbocycles. The highest BCUT2D eigenvalue weighted by Crippen LogP contribution is 2.33. The molecule has 2 rings (SSSR count). The Morgan fingerprint density at radius 3 is 2.33 bits per heavy atom. The first-order valence-electron chi connectivity index (χ1n) is 5.99. The minimum Gasteiger partial charge on any atom is -0.322 e. The van der Waals surface area contributed by atoms with Crippen LogP contribution in [0.5, 0.6) is 0 Å². The van der Waals surface area contributed by atoms with Gasteiger partial charge in [0.15, 0.2) is 0 Å². The number of imidazole rings is 1. The van der Waals surface area contributed by atoms with Crippen molar-refractivity contribution in [1.82, 2.24) is 14.2 Å². The number of aryl methyl sites for hydroxylation is 1. The molecule has 1 aliphatic rings. The monoisotopic (exact) mass is 281 g/mol. The Balaban J connectivity index is 0.000000771. The Morgan fingerprint density at radius 2 is 1.83 bits per heavy atom. The van der Waals surface area contributed by atoms with Gasteiger partial charge in [0.1, 0.15) is 0 Å². The topological polar surface area (TPSA) is 21.1 Å². The zero-order valence-corrected chi connectivity index (χ0v) is 12.1. The predicted molar refractivity (Wildman–Crippen MR) is 68.0 cm³/mol. The number of aromatic nitrogens is 2. The van der Waals surface area contributed by atoms with E-state index in [0.717, 1.165) is 0 Å². The molecule has 0 aromatic carbocycles. The molecule has 0 fully saturated rings. The van der Waals surface area contributed by atoms with E-state index in [1.54, 1.807) is 6.92 Å². The lowest BCUT2D eigenvalue weighted by Gasteiger charge is -2.28. The lowest BCUT2D eigenvalue weighted by atomic mass is 10.3. The lowest BCUT2D eigenvalue weighted by Crippen LogP contribution is -2.30. The molecule has 1 aliphatic heterocycles. The molecule has 2 heterocycles. The van der Waals surface area contributed by atoms with Gasteiger partial charge in [-0.05, 0) is 13.6 Å². The zero-order valence-electron chi connectivity index (χ0n) is 11.1. The van der Waals surface area contributed by atoms with Crippen molar-refractivity contribution in [2.24, 2.45) is 0 Å². The molecule has 104 valence electrons. The van der Waals surface area contributed by atoms with Crippen LogP contribution >= 0.6 is 8.73 Å². The maximum atomic E-state index is 12.7. The third-order valence-corrected chi connectivity index (χ3v) is 3.79. The number of rotatable bonds is 1. The summed E-state index contributed by atoms with van der Waals surface area (Å²) in [5.41, 5.74) is 1.20. The molecular weight excluding hydrogens is 262 g/mol. The summed E-state index contributed by atoms with van der Waals surface area (Å²) in [5, 5.41) is 0.